The molecule has 0 unspecified atom stereocenters. The molecule has 0 fully saturated rings. The number of carbonyl (C=O) groups is 1. The molecule has 2 N–H and O–H groups in total. The first-order valence-corrected chi connectivity index (χ1v) is 6.83. The number of phenolic OH excluding ortho intramolecular Hbond substituents is 1. The number of ether oxygens (including phenoxy) is 1. The zero-order valence-electron chi connectivity index (χ0n) is 12.6. The van der Waals surface area contributed by atoms with Crippen molar-refractivity contribution in [3.8, 4) is 11.5 Å². The monoisotopic (exact) mass is 337 g/mol. The zero-order chi connectivity index (χ0) is 17.7. The number of aromatic hydroxyl groups is 1. The molecule has 0 aromatic heterocycles. The highest BCUT2D eigenvalue weighted by Gasteiger charge is 2.30. The molecule has 0 radical (unpaired) electrons. The van der Waals surface area contributed by atoms with Gasteiger partial charge in [0.15, 0.2) is 11.5 Å². The lowest BCUT2D eigenvalue weighted by molar-refractivity contribution is -0.137. The van der Waals surface area contributed by atoms with Gasteiger partial charge >= 0.3 is 6.18 Å². The maximum Gasteiger partial charge on any atom is 0.416 e. The van der Waals surface area contributed by atoms with Crippen molar-refractivity contribution in [3.05, 3.63) is 59.7 Å². The molecule has 1 amide bonds. The minimum Gasteiger partial charge on any atom is -0.504 e. The molecule has 7 heteroatoms. The van der Waals surface area contributed by atoms with Gasteiger partial charge in [-0.25, -0.2) is 0 Å². The average Bonchev–Trinajstić information content (AvgIpc) is 2.52. The van der Waals surface area contributed by atoms with Crippen LogP contribution in [-0.2, 0) is 11.0 Å². The van der Waals surface area contributed by atoms with Crippen molar-refractivity contribution in [2.24, 2.45) is 0 Å². The smallest absolute Gasteiger partial charge is 0.416 e. The van der Waals surface area contributed by atoms with Gasteiger partial charge < -0.3 is 15.2 Å². The van der Waals surface area contributed by atoms with Crippen LogP contribution in [0.1, 0.15) is 11.1 Å². The van der Waals surface area contributed by atoms with Crippen LogP contribution in [0.3, 0.4) is 0 Å². The number of halogens is 3. The van der Waals surface area contributed by atoms with Crippen molar-refractivity contribution >= 4 is 17.7 Å². The number of rotatable bonds is 4. The Morgan fingerprint density at radius 2 is 1.96 bits per heavy atom. The first-order chi connectivity index (χ1) is 11.3. The number of benzene rings is 2. The molecule has 0 aliphatic heterocycles. The predicted octanol–water partition coefficient (Wildman–Crippen LogP) is 4.07. The van der Waals surface area contributed by atoms with Crippen LogP contribution in [0.4, 0.5) is 18.9 Å². The quantitative estimate of drug-likeness (QED) is 0.827. The lowest BCUT2D eigenvalue weighted by atomic mass is 10.1. The summed E-state index contributed by atoms with van der Waals surface area (Å²) in [4.78, 5) is 11.8. The van der Waals surface area contributed by atoms with E-state index in [4.69, 9.17) is 4.74 Å². The standard InChI is InChI=1S/C17H14F3NO3/c1-24-15-7-5-11(9-14(15)22)6-8-16(23)21-13-4-2-3-12(10-13)17(18,19)20/h2-10,22H,1H3,(H,21,23)/b8-6+. The third kappa shape index (κ3) is 4.52. The van der Waals surface area contributed by atoms with E-state index < -0.39 is 17.6 Å². The highest BCUT2D eigenvalue weighted by atomic mass is 19.4. The lowest BCUT2D eigenvalue weighted by Gasteiger charge is -2.08. The zero-order valence-corrected chi connectivity index (χ0v) is 12.6. The minimum absolute atomic E-state index is 0.0389. The van der Waals surface area contributed by atoms with Crippen LogP contribution in [-0.4, -0.2) is 18.1 Å². The number of alkyl halides is 3. The van der Waals surface area contributed by atoms with Gasteiger partial charge in [-0.1, -0.05) is 12.1 Å². The van der Waals surface area contributed by atoms with Gasteiger partial charge in [-0.15, -0.1) is 0 Å². The second-order valence-electron chi connectivity index (χ2n) is 4.83. The highest BCUT2D eigenvalue weighted by Crippen LogP contribution is 2.30. The normalized spacial score (nSPS) is 11.5. The summed E-state index contributed by atoms with van der Waals surface area (Å²) in [5, 5.41) is 12.0. The summed E-state index contributed by atoms with van der Waals surface area (Å²) in [6, 6.07) is 8.89. The van der Waals surface area contributed by atoms with E-state index in [1.165, 1.54) is 37.5 Å². The van der Waals surface area contributed by atoms with Crippen LogP contribution in [0, 0.1) is 0 Å². The Bertz CT molecular complexity index is 770. The number of carbonyl (C=O) groups excluding carboxylic acids is 1. The molecule has 0 aliphatic carbocycles. The number of phenols is 1. The Hall–Kier alpha value is -2.96. The Kier molecular flexibility index (Phi) is 5.13. The van der Waals surface area contributed by atoms with Crippen LogP contribution >= 0.6 is 0 Å². The molecule has 4 nitrogen and oxygen atoms in total. The largest absolute Gasteiger partial charge is 0.504 e. The van der Waals surface area contributed by atoms with E-state index in [1.54, 1.807) is 6.07 Å². The second-order valence-corrected chi connectivity index (χ2v) is 4.83. The van der Waals surface area contributed by atoms with Gasteiger partial charge in [0, 0.05) is 11.8 Å². The van der Waals surface area contributed by atoms with E-state index in [-0.39, 0.29) is 11.4 Å². The Balaban J connectivity index is 2.07. The fourth-order valence-corrected chi connectivity index (χ4v) is 1.94. The molecule has 0 aliphatic rings. The van der Waals surface area contributed by atoms with Gasteiger partial charge in [-0.2, -0.15) is 13.2 Å². The molecule has 2 aromatic carbocycles. The summed E-state index contributed by atoms with van der Waals surface area (Å²) in [7, 11) is 1.41. The number of hydrogen-bond donors (Lipinski definition) is 2. The number of anilines is 1. The molecule has 0 spiro atoms. The van der Waals surface area contributed by atoms with Gasteiger partial charge in [0.05, 0.1) is 12.7 Å². The van der Waals surface area contributed by atoms with E-state index in [9.17, 15) is 23.1 Å². The van der Waals surface area contributed by atoms with Crippen molar-refractivity contribution < 1.29 is 27.8 Å². The molecule has 0 atom stereocenters. The van der Waals surface area contributed by atoms with Gasteiger partial charge in [-0.3, -0.25) is 4.79 Å². The molecule has 0 saturated heterocycles. The summed E-state index contributed by atoms with van der Waals surface area (Å²) in [6.45, 7) is 0. The molecule has 0 bridgehead atoms. The number of hydrogen-bond acceptors (Lipinski definition) is 3. The van der Waals surface area contributed by atoms with Gasteiger partial charge in [-0.05, 0) is 42.0 Å². The highest BCUT2D eigenvalue weighted by molar-refractivity contribution is 6.02. The topological polar surface area (TPSA) is 58.6 Å². The summed E-state index contributed by atoms with van der Waals surface area (Å²) in [5.41, 5.74) is -0.270. The summed E-state index contributed by atoms with van der Waals surface area (Å²) < 4.78 is 42.7. The molecule has 2 rings (SSSR count). The average molecular weight is 337 g/mol. The van der Waals surface area contributed by atoms with E-state index in [0.717, 1.165) is 18.2 Å². The molecule has 0 saturated carbocycles. The lowest BCUT2D eigenvalue weighted by Crippen LogP contribution is -2.10. The maximum atomic E-state index is 12.6. The van der Waals surface area contributed by atoms with Gasteiger partial charge in [0.2, 0.25) is 5.91 Å². The molecule has 0 heterocycles. The number of methoxy groups -OCH3 is 1. The second kappa shape index (κ2) is 7.08. The summed E-state index contributed by atoms with van der Waals surface area (Å²) in [6.07, 6.45) is -1.90. The van der Waals surface area contributed by atoms with E-state index in [1.807, 2.05) is 0 Å². The van der Waals surface area contributed by atoms with Crippen LogP contribution in [0.15, 0.2) is 48.5 Å². The predicted molar refractivity (Wildman–Crippen MR) is 83.8 cm³/mol. The van der Waals surface area contributed by atoms with E-state index >= 15 is 0 Å². The molecular weight excluding hydrogens is 323 g/mol. The van der Waals surface area contributed by atoms with Crippen LogP contribution in [0.2, 0.25) is 0 Å². The summed E-state index contributed by atoms with van der Waals surface area (Å²) >= 11 is 0. The SMILES string of the molecule is COc1ccc(/C=C/C(=O)Nc2cccc(C(F)(F)F)c2)cc1O. The third-order valence-corrected chi connectivity index (χ3v) is 3.09. The molecule has 24 heavy (non-hydrogen) atoms. The van der Waals surface area contributed by atoms with Crippen LogP contribution in [0.25, 0.3) is 6.08 Å². The van der Waals surface area contributed by atoms with E-state index in [2.05, 4.69) is 5.32 Å². The molecule has 126 valence electrons. The van der Waals surface area contributed by atoms with Crippen molar-refractivity contribution in [1.29, 1.82) is 0 Å². The van der Waals surface area contributed by atoms with Crippen LogP contribution < -0.4 is 10.1 Å². The fraction of sp³-hybridized carbons (Fsp3) is 0.118. The fourth-order valence-electron chi connectivity index (χ4n) is 1.94. The summed E-state index contributed by atoms with van der Waals surface area (Å²) in [5.74, 6) is -0.386. The Morgan fingerprint density at radius 1 is 1.21 bits per heavy atom. The van der Waals surface area contributed by atoms with Gasteiger partial charge in [0.1, 0.15) is 0 Å². The Labute approximate surface area is 136 Å². The first-order valence-electron chi connectivity index (χ1n) is 6.83. The molecule has 2 aromatic rings. The van der Waals surface area contributed by atoms with Crippen molar-refractivity contribution in [3.63, 3.8) is 0 Å². The van der Waals surface area contributed by atoms with Crippen molar-refractivity contribution in [2.75, 3.05) is 12.4 Å². The Morgan fingerprint density at radius 3 is 2.58 bits per heavy atom. The third-order valence-electron chi connectivity index (χ3n) is 3.09. The number of nitrogens with one attached hydrogen (secondary N) is 1. The van der Waals surface area contributed by atoms with Crippen LogP contribution in [0.5, 0.6) is 11.5 Å². The maximum absolute atomic E-state index is 12.6. The number of amides is 1. The minimum atomic E-state index is -4.48. The molecular formula is C17H14F3NO3. The van der Waals surface area contributed by atoms with Gasteiger partial charge in [0.25, 0.3) is 0 Å². The van der Waals surface area contributed by atoms with Crippen molar-refractivity contribution in [2.45, 2.75) is 6.18 Å². The van der Waals surface area contributed by atoms with Crippen molar-refractivity contribution in [1.82, 2.24) is 0 Å². The van der Waals surface area contributed by atoms with E-state index in [0.29, 0.717) is 11.3 Å². The first kappa shape index (κ1) is 17.4.